The number of benzene rings is 1. The van der Waals surface area contributed by atoms with Crippen LogP contribution in [0.4, 0.5) is 11.4 Å². The Hall–Kier alpha value is -4.02. The van der Waals surface area contributed by atoms with E-state index in [2.05, 4.69) is 25.7 Å². The molecule has 3 rings (SSSR count). The lowest BCUT2D eigenvalue weighted by molar-refractivity contribution is -0.119. The topological polar surface area (TPSA) is 144 Å². The third-order valence-electron chi connectivity index (χ3n) is 3.86. The molecule has 0 bridgehead atoms. The van der Waals surface area contributed by atoms with Crippen LogP contribution >= 0.6 is 0 Å². The average molecular weight is 383 g/mol. The molecule has 0 aliphatic carbocycles. The smallest absolute Gasteiger partial charge is 0.325 e. The molecule has 144 valence electrons. The zero-order valence-corrected chi connectivity index (χ0v) is 14.8. The maximum absolute atomic E-state index is 12.2. The van der Waals surface area contributed by atoms with E-state index in [9.17, 15) is 19.2 Å². The highest BCUT2D eigenvalue weighted by Gasteiger charge is 2.15. The Morgan fingerprint density at radius 1 is 1.11 bits per heavy atom. The molecule has 2 aromatic heterocycles. The van der Waals surface area contributed by atoms with E-state index in [0.29, 0.717) is 11.4 Å². The predicted octanol–water partition coefficient (Wildman–Crippen LogP) is -0.0335. The van der Waals surface area contributed by atoms with Gasteiger partial charge in [0.2, 0.25) is 11.8 Å². The number of nitrogens with one attached hydrogen (secondary N) is 3. The molecular formula is C17H17N7O4. The largest absolute Gasteiger partial charge is 0.328 e. The number of rotatable bonds is 6. The van der Waals surface area contributed by atoms with E-state index in [1.54, 1.807) is 31.2 Å². The molecule has 0 aliphatic heterocycles. The second-order valence-corrected chi connectivity index (χ2v) is 5.90. The normalized spacial score (nSPS) is 11.6. The van der Waals surface area contributed by atoms with Crippen LogP contribution in [0.25, 0.3) is 0 Å². The Kier molecular flexibility index (Phi) is 5.44. The van der Waals surface area contributed by atoms with Crippen molar-refractivity contribution in [3.05, 3.63) is 70.0 Å². The molecule has 0 spiro atoms. The second-order valence-electron chi connectivity index (χ2n) is 5.90. The summed E-state index contributed by atoms with van der Waals surface area (Å²) in [5, 5.41) is 9.30. The molecule has 0 saturated carbocycles. The molecule has 3 N–H and O–H groups in total. The van der Waals surface area contributed by atoms with Gasteiger partial charge in [-0.3, -0.25) is 23.9 Å². The van der Waals surface area contributed by atoms with Gasteiger partial charge in [0.05, 0.1) is 0 Å². The summed E-state index contributed by atoms with van der Waals surface area (Å²) >= 11 is 0. The monoisotopic (exact) mass is 383 g/mol. The van der Waals surface area contributed by atoms with Crippen LogP contribution < -0.4 is 21.9 Å². The maximum atomic E-state index is 12.2. The highest BCUT2D eigenvalue weighted by atomic mass is 16.2. The van der Waals surface area contributed by atoms with Gasteiger partial charge >= 0.3 is 5.69 Å². The number of amides is 2. The lowest BCUT2D eigenvalue weighted by atomic mass is 10.2. The first-order valence-corrected chi connectivity index (χ1v) is 8.27. The Balaban J connectivity index is 1.58. The van der Waals surface area contributed by atoms with Crippen LogP contribution in [0.1, 0.15) is 13.0 Å². The molecule has 2 amide bonds. The maximum Gasteiger partial charge on any atom is 0.328 e. The van der Waals surface area contributed by atoms with Crippen molar-refractivity contribution < 1.29 is 9.59 Å². The molecule has 28 heavy (non-hydrogen) atoms. The molecular weight excluding hydrogens is 366 g/mol. The molecule has 0 radical (unpaired) electrons. The molecule has 11 nitrogen and oxygen atoms in total. The van der Waals surface area contributed by atoms with Crippen LogP contribution in [0.2, 0.25) is 0 Å². The SMILES string of the molecule is C[C@@H](C(=O)Nc1ccc(NC(=O)Cn2ccc(=O)[nH]c2=O)cc1)n1cncn1. The zero-order valence-electron chi connectivity index (χ0n) is 14.8. The fourth-order valence-corrected chi connectivity index (χ4v) is 2.35. The number of anilines is 2. The van der Waals surface area contributed by atoms with Crippen LogP contribution in [0.5, 0.6) is 0 Å². The number of carbonyl (C=O) groups is 2. The van der Waals surface area contributed by atoms with Crippen molar-refractivity contribution >= 4 is 23.2 Å². The molecule has 0 saturated heterocycles. The highest BCUT2D eigenvalue weighted by molar-refractivity contribution is 5.94. The predicted molar refractivity (Wildman–Crippen MR) is 99.8 cm³/mol. The standard InChI is InChI=1S/C17H17N7O4/c1-11(24-10-18-9-19-24)16(27)21-13-4-2-12(3-5-13)20-15(26)8-23-7-6-14(25)22-17(23)28/h2-7,9-11H,8H2,1H3,(H,20,26)(H,21,27)(H,22,25,28)/t11-/m0/s1. The van der Waals surface area contributed by atoms with Crippen LogP contribution in [0.3, 0.4) is 0 Å². The number of hydrogen-bond donors (Lipinski definition) is 3. The summed E-state index contributed by atoms with van der Waals surface area (Å²) < 4.78 is 2.51. The number of nitrogens with zero attached hydrogens (tertiary/aromatic N) is 4. The molecule has 2 heterocycles. The average Bonchev–Trinajstić information content (AvgIpc) is 3.19. The summed E-state index contributed by atoms with van der Waals surface area (Å²) in [4.78, 5) is 52.8. The Morgan fingerprint density at radius 2 is 1.79 bits per heavy atom. The highest BCUT2D eigenvalue weighted by Crippen LogP contribution is 2.15. The van der Waals surface area contributed by atoms with Crippen molar-refractivity contribution in [3.63, 3.8) is 0 Å². The number of carbonyl (C=O) groups excluding carboxylic acids is 2. The van der Waals surface area contributed by atoms with Gasteiger partial charge in [0.25, 0.3) is 5.56 Å². The molecule has 1 aromatic carbocycles. The summed E-state index contributed by atoms with van der Waals surface area (Å²) in [5.41, 5.74) is -0.156. The van der Waals surface area contributed by atoms with Crippen LogP contribution in [-0.4, -0.2) is 36.1 Å². The number of aromatic amines is 1. The summed E-state index contributed by atoms with van der Waals surface area (Å²) in [6.45, 7) is 1.45. The van der Waals surface area contributed by atoms with Crippen molar-refractivity contribution in [2.45, 2.75) is 19.5 Å². The summed E-state index contributed by atoms with van der Waals surface area (Å²) in [6, 6.07) is 7.12. The number of H-pyrrole nitrogens is 1. The summed E-state index contributed by atoms with van der Waals surface area (Å²) in [7, 11) is 0. The Labute approximate surface area is 158 Å². The number of hydrogen-bond acceptors (Lipinski definition) is 6. The van der Waals surface area contributed by atoms with Gasteiger partial charge in [-0.15, -0.1) is 0 Å². The Bertz CT molecular complexity index is 1080. The van der Waals surface area contributed by atoms with Crippen molar-refractivity contribution in [2.75, 3.05) is 10.6 Å². The van der Waals surface area contributed by atoms with Crippen molar-refractivity contribution in [2.24, 2.45) is 0 Å². The van der Waals surface area contributed by atoms with Crippen molar-refractivity contribution in [3.8, 4) is 0 Å². The zero-order chi connectivity index (χ0) is 20.1. The quantitative estimate of drug-likeness (QED) is 0.545. The first kappa shape index (κ1) is 18.8. The fraction of sp³-hybridized carbons (Fsp3) is 0.176. The first-order chi connectivity index (χ1) is 13.4. The molecule has 1 atom stereocenters. The van der Waals surface area contributed by atoms with Gasteiger partial charge in [-0.25, -0.2) is 14.5 Å². The number of aromatic nitrogens is 5. The van der Waals surface area contributed by atoms with Crippen LogP contribution in [0, 0.1) is 0 Å². The van der Waals surface area contributed by atoms with E-state index >= 15 is 0 Å². The van der Waals surface area contributed by atoms with E-state index in [4.69, 9.17) is 0 Å². The minimum absolute atomic E-state index is 0.247. The summed E-state index contributed by atoms with van der Waals surface area (Å²) in [5.74, 6) is -0.703. The van der Waals surface area contributed by atoms with E-state index in [1.165, 1.54) is 23.5 Å². The molecule has 0 aliphatic rings. The van der Waals surface area contributed by atoms with E-state index < -0.39 is 23.2 Å². The summed E-state index contributed by atoms with van der Waals surface area (Å²) in [6.07, 6.45) is 4.05. The third-order valence-corrected chi connectivity index (χ3v) is 3.86. The van der Waals surface area contributed by atoms with Crippen molar-refractivity contribution in [1.29, 1.82) is 0 Å². The van der Waals surface area contributed by atoms with Crippen LogP contribution in [-0.2, 0) is 16.1 Å². The molecule has 0 fully saturated rings. The first-order valence-electron chi connectivity index (χ1n) is 8.27. The van der Waals surface area contributed by atoms with Gasteiger partial charge in [0.15, 0.2) is 0 Å². The van der Waals surface area contributed by atoms with Gasteiger partial charge in [-0.1, -0.05) is 0 Å². The Morgan fingerprint density at radius 3 is 2.39 bits per heavy atom. The van der Waals surface area contributed by atoms with E-state index in [1.807, 2.05) is 0 Å². The second kappa shape index (κ2) is 8.12. The van der Waals surface area contributed by atoms with Crippen LogP contribution in [0.15, 0.2) is 58.8 Å². The molecule has 0 unspecified atom stereocenters. The third kappa shape index (κ3) is 4.58. The minimum Gasteiger partial charge on any atom is -0.325 e. The van der Waals surface area contributed by atoms with E-state index in [0.717, 1.165) is 10.6 Å². The van der Waals surface area contributed by atoms with Gasteiger partial charge in [-0.2, -0.15) is 5.10 Å². The molecule has 3 aromatic rings. The minimum atomic E-state index is -0.665. The lowest BCUT2D eigenvalue weighted by Crippen LogP contribution is -2.32. The molecule has 11 heteroatoms. The van der Waals surface area contributed by atoms with Gasteiger partial charge < -0.3 is 10.6 Å². The van der Waals surface area contributed by atoms with Gasteiger partial charge in [0.1, 0.15) is 25.2 Å². The van der Waals surface area contributed by atoms with E-state index in [-0.39, 0.29) is 12.5 Å². The van der Waals surface area contributed by atoms with Gasteiger partial charge in [0, 0.05) is 23.6 Å². The lowest BCUT2D eigenvalue weighted by Gasteiger charge is -2.12. The van der Waals surface area contributed by atoms with Gasteiger partial charge in [-0.05, 0) is 31.2 Å². The fourth-order valence-electron chi connectivity index (χ4n) is 2.35. The van der Waals surface area contributed by atoms with Crippen molar-refractivity contribution in [1.82, 2.24) is 24.3 Å².